The number of thioether (sulfide) groups is 1. The van der Waals surface area contributed by atoms with E-state index in [4.69, 9.17) is 0 Å². The van der Waals surface area contributed by atoms with E-state index in [1.165, 1.54) is 0 Å². The highest BCUT2D eigenvalue weighted by Crippen LogP contribution is 2.24. The molecular weight excluding hydrogens is 268 g/mol. The second kappa shape index (κ2) is 7.10. The molecule has 0 bridgehead atoms. The summed E-state index contributed by atoms with van der Waals surface area (Å²) in [6.45, 7) is 4.11. The molecule has 4 heteroatoms. The van der Waals surface area contributed by atoms with Gasteiger partial charge in [0.2, 0.25) is 0 Å². The number of rotatable bonds is 5. The van der Waals surface area contributed by atoms with Crippen LogP contribution in [0.15, 0.2) is 47.5 Å². The van der Waals surface area contributed by atoms with Gasteiger partial charge in [-0.25, -0.2) is 4.98 Å². The van der Waals surface area contributed by atoms with Crippen molar-refractivity contribution in [1.29, 1.82) is 0 Å². The molecule has 0 fully saturated rings. The lowest BCUT2D eigenvalue weighted by molar-refractivity contribution is 0.102. The molecule has 1 aromatic heterocycles. The number of aryl methyl sites for hydroxylation is 1. The number of carbonyl (C=O) groups excluding carboxylic acids is 1. The number of carbonyl (C=O) groups is 1. The zero-order chi connectivity index (χ0) is 14.4. The standard InChI is InChI=1S/C16H18N2OS/c1-3-10-20-14-7-5-4-6-13(14)16(19)18-15-11-12(2)8-9-17-15/h4-9,11H,3,10H2,1-2H3,(H,17,18,19). The molecule has 0 radical (unpaired) electrons. The molecule has 2 rings (SSSR count). The second-order valence-corrected chi connectivity index (χ2v) is 5.65. The van der Waals surface area contributed by atoms with Gasteiger partial charge in [0.25, 0.3) is 5.91 Å². The van der Waals surface area contributed by atoms with Gasteiger partial charge in [-0.2, -0.15) is 0 Å². The molecule has 0 saturated heterocycles. The number of benzene rings is 1. The zero-order valence-electron chi connectivity index (χ0n) is 11.7. The van der Waals surface area contributed by atoms with Gasteiger partial charge in [-0.1, -0.05) is 19.1 Å². The Hall–Kier alpha value is -1.81. The molecule has 1 heterocycles. The fraction of sp³-hybridized carbons (Fsp3) is 0.250. The van der Waals surface area contributed by atoms with E-state index in [0.29, 0.717) is 11.4 Å². The molecule has 1 amide bonds. The van der Waals surface area contributed by atoms with Crippen LogP contribution in [0.4, 0.5) is 5.82 Å². The van der Waals surface area contributed by atoms with E-state index in [1.54, 1.807) is 18.0 Å². The van der Waals surface area contributed by atoms with Gasteiger partial charge >= 0.3 is 0 Å². The van der Waals surface area contributed by atoms with E-state index < -0.39 is 0 Å². The lowest BCUT2D eigenvalue weighted by Gasteiger charge is -2.09. The third kappa shape index (κ3) is 3.84. The van der Waals surface area contributed by atoms with E-state index in [9.17, 15) is 4.79 Å². The van der Waals surface area contributed by atoms with Crippen molar-refractivity contribution in [3.05, 3.63) is 53.7 Å². The molecular formula is C16H18N2OS. The first-order valence-corrected chi connectivity index (χ1v) is 7.65. The highest BCUT2D eigenvalue weighted by molar-refractivity contribution is 7.99. The van der Waals surface area contributed by atoms with Crippen LogP contribution in [-0.4, -0.2) is 16.6 Å². The van der Waals surface area contributed by atoms with Crippen molar-refractivity contribution < 1.29 is 4.79 Å². The van der Waals surface area contributed by atoms with Crippen molar-refractivity contribution in [2.24, 2.45) is 0 Å². The number of nitrogens with zero attached hydrogens (tertiary/aromatic N) is 1. The average molecular weight is 286 g/mol. The first kappa shape index (κ1) is 14.6. The highest BCUT2D eigenvalue weighted by Gasteiger charge is 2.11. The van der Waals surface area contributed by atoms with Gasteiger partial charge in [0, 0.05) is 11.1 Å². The largest absolute Gasteiger partial charge is 0.307 e. The molecule has 0 unspecified atom stereocenters. The van der Waals surface area contributed by atoms with Crippen LogP contribution in [0.25, 0.3) is 0 Å². The van der Waals surface area contributed by atoms with Crippen LogP contribution in [0, 0.1) is 6.92 Å². The predicted octanol–water partition coefficient (Wildman–Crippen LogP) is 4.14. The first-order valence-electron chi connectivity index (χ1n) is 6.66. The van der Waals surface area contributed by atoms with Gasteiger partial charge in [0.05, 0.1) is 5.56 Å². The van der Waals surface area contributed by atoms with Gasteiger partial charge in [-0.3, -0.25) is 4.79 Å². The summed E-state index contributed by atoms with van der Waals surface area (Å²) >= 11 is 1.71. The molecule has 1 N–H and O–H groups in total. The summed E-state index contributed by atoms with van der Waals surface area (Å²) in [5.74, 6) is 1.49. The lowest BCUT2D eigenvalue weighted by Crippen LogP contribution is -2.14. The van der Waals surface area contributed by atoms with Crippen molar-refractivity contribution in [1.82, 2.24) is 4.98 Å². The van der Waals surface area contributed by atoms with Crippen molar-refractivity contribution >= 4 is 23.5 Å². The number of anilines is 1. The van der Waals surface area contributed by atoms with Crippen LogP contribution in [0.5, 0.6) is 0 Å². The molecule has 0 aliphatic heterocycles. The van der Waals surface area contributed by atoms with Crippen molar-refractivity contribution in [3.63, 3.8) is 0 Å². The Morgan fingerprint density at radius 3 is 2.85 bits per heavy atom. The van der Waals surface area contributed by atoms with Gasteiger partial charge in [0.1, 0.15) is 5.82 Å². The quantitative estimate of drug-likeness (QED) is 0.840. The normalized spacial score (nSPS) is 10.3. The summed E-state index contributed by atoms with van der Waals surface area (Å²) in [6.07, 6.45) is 2.78. The van der Waals surface area contributed by atoms with Crippen LogP contribution in [0.1, 0.15) is 29.3 Å². The second-order valence-electron chi connectivity index (χ2n) is 4.52. The van der Waals surface area contributed by atoms with E-state index in [0.717, 1.165) is 22.6 Å². The summed E-state index contributed by atoms with van der Waals surface area (Å²) in [4.78, 5) is 17.5. The van der Waals surface area contributed by atoms with E-state index in [-0.39, 0.29) is 5.91 Å². The van der Waals surface area contributed by atoms with Crippen molar-refractivity contribution in [2.75, 3.05) is 11.1 Å². The third-order valence-electron chi connectivity index (χ3n) is 2.75. The maximum atomic E-state index is 12.3. The Balaban J connectivity index is 2.16. The summed E-state index contributed by atoms with van der Waals surface area (Å²) in [5.41, 5.74) is 1.78. The Morgan fingerprint density at radius 2 is 2.10 bits per heavy atom. The molecule has 3 nitrogen and oxygen atoms in total. The summed E-state index contributed by atoms with van der Waals surface area (Å²) in [7, 11) is 0. The Kier molecular flexibility index (Phi) is 5.18. The van der Waals surface area contributed by atoms with Gasteiger partial charge in [0.15, 0.2) is 0 Å². The Morgan fingerprint density at radius 1 is 1.30 bits per heavy atom. The van der Waals surface area contributed by atoms with Crippen LogP contribution < -0.4 is 5.32 Å². The summed E-state index contributed by atoms with van der Waals surface area (Å²) < 4.78 is 0. The number of amides is 1. The molecule has 0 spiro atoms. The lowest BCUT2D eigenvalue weighted by atomic mass is 10.2. The molecule has 2 aromatic rings. The van der Waals surface area contributed by atoms with Crippen molar-refractivity contribution in [3.8, 4) is 0 Å². The van der Waals surface area contributed by atoms with E-state index in [2.05, 4.69) is 17.2 Å². The van der Waals surface area contributed by atoms with Gasteiger partial charge in [-0.05, 0) is 48.9 Å². The molecule has 104 valence electrons. The molecule has 0 atom stereocenters. The first-order chi connectivity index (χ1) is 9.70. The molecule has 0 saturated carbocycles. The number of aromatic nitrogens is 1. The summed E-state index contributed by atoms with van der Waals surface area (Å²) in [5, 5.41) is 2.85. The molecule has 0 aliphatic rings. The van der Waals surface area contributed by atoms with Crippen LogP contribution in [-0.2, 0) is 0 Å². The smallest absolute Gasteiger partial charge is 0.257 e. The zero-order valence-corrected chi connectivity index (χ0v) is 12.5. The Labute approximate surface area is 123 Å². The van der Waals surface area contributed by atoms with Crippen LogP contribution >= 0.6 is 11.8 Å². The highest BCUT2D eigenvalue weighted by atomic mass is 32.2. The number of hydrogen-bond donors (Lipinski definition) is 1. The van der Waals surface area contributed by atoms with Crippen molar-refractivity contribution in [2.45, 2.75) is 25.2 Å². The SMILES string of the molecule is CCCSc1ccccc1C(=O)Nc1cc(C)ccn1. The third-order valence-corrected chi connectivity index (χ3v) is 4.03. The fourth-order valence-electron chi connectivity index (χ4n) is 1.78. The number of pyridine rings is 1. The molecule has 0 aliphatic carbocycles. The van der Waals surface area contributed by atoms with E-state index in [1.807, 2.05) is 43.3 Å². The number of nitrogens with one attached hydrogen (secondary N) is 1. The minimum absolute atomic E-state index is 0.109. The van der Waals surface area contributed by atoms with Crippen LogP contribution in [0.2, 0.25) is 0 Å². The monoisotopic (exact) mass is 286 g/mol. The van der Waals surface area contributed by atoms with Gasteiger partial charge in [-0.15, -0.1) is 11.8 Å². The maximum Gasteiger partial charge on any atom is 0.257 e. The van der Waals surface area contributed by atoms with Crippen LogP contribution in [0.3, 0.4) is 0 Å². The maximum absolute atomic E-state index is 12.3. The van der Waals surface area contributed by atoms with Gasteiger partial charge < -0.3 is 5.32 Å². The average Bonchev–Trinajstić information content (AvgIpc) is 2.45. The minimum Gasteiger partial charge on any atom is -0.307 e. The number of hydrogen-bond acceptors (Lipinski definition) is 3. The predicted molar refractivity (Wildman–Crippen MR) is 84.4 cm³/mol. The Bertz CT molecular complexity index is 599. The minimum atomic E-state index is -0.109. The topological polar surface area (TPSA) is 42.0 Å². The van der Waals surface area contributed by atoms with E-state index >= 15 is 0 Å². The molecule has 1 aromatic carbocycles. The fourth-order valence-corrected chi connectivity index (χ4v) is 2.70. The summed E-state index contributed by atoms with van der Waals surface area (Å²) in [6, 6.07) is 11.4. The molecule has 20 heavy (non-hydrogen) atoms.